The van der Waals surface area contributed by atoms with Crippen LogP contribution in [-0.4, -0.2) is 34.5 Å². The van der Waals surface area contributed by atoms with E-state index in [1.807, 2.05) is 45.0 Å². The van der Waals surface area contributed by atoms with Crippen molar-refractivity contribution in [3.05, 3.63) is 93.9 Å². The number of primary sulfonamides is 1. The van der Waals surface area contributed by atoms with E-state index < -0.39 is 10.0 Å². The summed E-state index contributed by atoms with van der Waals surface area (Å²) >= 11 is 0. The molecule has 4 aromatic rings. The van der Waals surface area contributed by atoms with Crippen LogP contribution >= 0.6 is 0 Å². The smallest absolute Gasteiger partial charge is 0.264 e. The summed E-state index contributed by atoms with van der Waals surface area (Å²) in [6, 6.07) is 14.1. The number of aromatic nitrogens is 4. The molecule has 0 amide bonds. The minimum absolute atomic E-state index is 0.0320. The molecule has 0 saturated carbocycles. The molecule has 0 aliphatic heterocycles. The molecule has 0 radical (unpaired) electrons. The van der Waals surface area contributed by atoms with Crippen molar-refractivity contribution in [2.24, 2.45) is 5.14 Å². The second kappa shape index (κ2) is 12.5. The van der Waals surface area contributed by atoms with E-state index in [9.17, 15) is 13.2 Å². The first-order valence-corrected chi connectivity index (χ1v) is 15.0. The fourth-order valence-corrected chi connectivity index (χ4v) is 5.31. The highest BCUT2D eigenvalue weighted by Gasteiger charge is 2.22. The number of hydrogen-bond donors (Lipinski definition) is 1. The van der Waals surface area contributed by atoms with Gasteiger partial charge in [-0.2, -0.15) is 0 Å². The zero-order valence-corrected chi connectivity index (χ0v) is 24.1. The number of benzene rings is 2. The first-order valence-electron chi connectivity index (χ1n) is 13.4. The van der Waals surface area contributed by atoms with Crippen molar-refractivity contribution in [3.8, 4) is 22.8 Å². The summed E-state index contributed by atoms with van der Waals surface area (Å²) in [4.78, 5) is 27.9. The molecular weight excluding hydrogens is 526 g/mol. The van der Waals surface area contributed by atoms with Gasteiger partial charge in [-0.3, -0.25) is 4.79 Å². The maximum atomic E-state index is 14.1. The van der Waals surface area contributed by atoms with Crippen LogP contribution < -0.4 is 15.4 Å². The van der Waals surface area contributed by atoms with Gasteiger partial charge >= 0.3 is 0 Å². The zero-order chi connectivity index (χ0) is 28.9. The van der Waals surface area contributed by atoms with Gasteiger partial charge < -0.3 is 4.74 Å². The predicted octanol–water partition coefficient (Wildman–Crippen LogP) is 4.79. The summed E-state index contributed by atoms with van der Waals surface area (Å²) in [5, 5.41) is 5.43. The van der Waals surface area contributed by atoms with Crippen molar-refractivity contribution in [3.63, 3.8) is 0 Å². The van der Waals surface area contributed by atoms with Crippen molar-refractivity contribution in [2.75, 3.05) is 6.61 Å². The lowest BCUT2D eigenvalue weighted by Gasteiger charge is -2.18. The quantitative estimate of drug-likeness (QED) is 0.279. The SMILES string of the molecule is CCCCc1nc(C(C)C)n(-c2ncc(OCC)cn2)c(=O)c1Cc1ccc(-c2ccccc2S(N)(=O)=O)cc1. The van der Waals surface area contributed by atoms with Crippen LogP contribution in [0.25, 0.3) is 17.1 Å². The molecule has 210 valence electrons. The fraction of sp³-hybridized carbons (Fsp3) is 0.333. The highest BCUT2D eigenvalue weighted by atomic mass is 32.2. The summed E-state index contributed by atoms with van der Waals surface area (Å²) in [5.41, 5.74) is 3.31. The van der Waals surface area contributed by atoms with Gasteiger partial charge in [-0.25, -0.2) is 33.1 Å². The molecule has 0 aliphatic carbocycles. The van der Waals surface area contributed by atoms with Gasteiger partial charge in [0.15, 0.2) is 5.75 Å². The van der Waals surface area contributed by atoms with E-state index in [1.54, 1.807) is 30.6 Å². The molecule has 2 N–H and O–H groups in total. The molecule has 10 heteroatoms. The third-order valence-corrected chi connectivity index (χ3v) is 7.51. The second-order valence-corrected chi connectivity index (χ2v) is 11.4. The average Bonchev–Trinajstić information content (AvgIpc) is 2.94. The Labute approximate surface area is 235 Å². The van der Waals surface area contributed by atoms with E-state index in [4.69, 9.17) is 14.9 Å². The first kappa shape index (κ1) is 29.1. The van der Waals surface area contributed by atoms with E-state index in [0.29, 0.717) is 47.7 Å². The van der Waals surface area contributed by atoms with E-state index in [1.165, 1.54) is 10.6 Å². The van der Waals surface area contributed by atoms with Gasteiger partial charge in [-0.1, -0.05) is 69.7 Å². The van der Waals surface area contributed by atoms with Crippen LogP contribution in [0.2, 0.25) is 0 Å². The molecule has 4 rings (SSSR count). The molecule has 0 saturated heterocycles. The van der Waals surface area contributed by atoms with Crippen LogP contribution in [-0.2, 0) is 22.9 Å². The number of nitrogens with two attached hydrogens (primary N) is 1. The Balaban J connectivity index is 1.78. The first-order chi connectivity index (χ1) is 19.1. The minimum atomic E-state index is -3.88. The maximum Gasteiger partial charge on any atom is 0.264 e. The fourth-order valence-electron chi connectivity index (χ4n) is 4.55. The van der Waals surface area contributed by atoms with Gasteiger partial charge in [0.25, 0.3) is 5.56 Å². The molecule has 2 heterocycles. The Morgan fingerprint density at radius 2 is 1.68 bits per heavy atom. The number of aryl methyl sites for hydroxylation is 1. The van der Waals surface area contributed by atoms with Crippen molar-refractivity contribution < 1.29 is 13.2 Å². The Morgan fingerprint density at radius 3 is 2.27 bits per heavy atom. The molecule has 2 aromatic carbocycles. The minimum Gasteiger partial charge on any atom is -0.491 e. The zero-order valence-electron chi connectivity index (χ0n) is 23.3. The van der Waals surface area contributed by atoms with Gasteiger partial charge in [0.2, 0.25) is 16.0 Å². The topological polar surface area (TPSA) is 130 Å². The monoisotopic (exact) mass is 561 g/mol. The van der Waals surface area contributed by atoms with Crippen LogP contribution in [0.3, 0.4) is 0 Å². The molecule has 0 atom stereocenters. The molecule has 9 nitrogen and oxygen atoms in total. The molecule has 0 fully saturated rings. The number of nitrogens with zero attached hydrogens (tertiary/aromatic N) is 4. The second-order valence-electron chi connectivity index (χ2n) is 9.86. The highest BCUT2D eigenvalue weighted by molar-refractivity contribution is 7.89. The molecule has 0 unspecified atom stereocenters. The largest absolute Gasteiger partial charge is 0.491 e. The van der Waals surface area contributed by atoms with Gasteiger partial charge in [0, 0.05) is 23.5 Å². The summed E-state index contributed by atoms with van der Waals surface area (Å²) in [7, 11) is -3.88. The van der Waals surface area contributed by atoms with Gasteiger partial charge in [0.1, 0.15) is 5.82 Å². The Kier molecular flexibility index (Phi) is 9.11. The van der Waals surface area contributed by atoms with E-state index in [-0.39, 0.29) is 22.3 Å². The average molecular weight is 562 g/mol. The molecule has 0 bridgehead atoms. The Morgan fingerprint density at radius 1 is 1.00 bits per heavy atom. The van der Waals surface area contributed by atoms with Crippen LogP contribution in [0.1, 0.15) is 69.1 Å². The van der Waals surface area contributed by atoms with Crippen LogP contribution in [0.5, 0.6) is 5.75 Å². The normalized spacial score (nSPS) is 11.7. The third-order valence-electron chi connectivity index (χ3n) is 6.54. The van der Waals surface area contributed by atoms with Crippen molar-refractivity contribution >= 4 is 10.0 Å². The number of rotatable bonds is 11. The van der Waals surface area contributed by atoms with Crippen molar-refractivity contribution in [1.29, 1.82) is 0 Å². The third kappa shape index (κ3) is 6.46. The van der Waals surface area contributed by atoms with Gasteiger partial charge in [-0.15, -0.1) is 0 Å². The van der Waals surface area contributed by atoms with Crippen LogP contribution in [0.4, 0.5) is 0 Å². The number of sulfonamides is 1. The lowest BCUT2D eigenvalue weighted by Crippen LogP contribution is -2.31. The standard InChI is InChI=1S/C30H35N5O4S/c1-5-7-11-26-25(17-21-13-15-22(16-14-21)24-10-8-9-12-27(24)40(31,37)38)29(36)35(28(34-26)20(3)4)30-32-18-23(19-33-30)39-6-2/h8-10,12-16,18-20H,5-7,11,17H2,1-4H3,(H2,31,37,38). The summed E-state index contributed by atoms with van der Waals surface area (Å²) in [6.07, 6.45) is 6.05. The maximum absolute atomic E-state index is 14.1. The lowest BCUT2D eigenvalue weighted by molar-refractivity contribution is 0.337. The van der Waals surface area contributed by atoms with Gasteiger partial charge in [0.05, 0.1) is 29.6 Å². The summed E-state index contributed by atoms with van der Waals surface area (Å²) in [5.74, 6) is 1.36. The number of unbranched alkanes of at least 4 members (excludes halogenated alkanes) is 1. The predicted molar refractivity (Wildman–Crippen MR) is 155 cm³/mol. The highest BCUT2D eigenvalue weighted by Crippen LogP contribution is 2.27. The van der Waals surface area contributed by atoms with Crippen molar-refractivity contribution in [1.82, 2.24) is 19.5 Å². The van der Waals surface area contributed by atoms with E-state index >= 15 is 0 Å². The molecule has 0 aliphatic rings. The molecular formula is C30H35N5O4S. The van der Waals surface area contributed by atoms with Crippen LogP contribution in [0.15, 0.2) is 70.6 Å². The molecule has 40 heavy (non-hydrogen) atoms. The van der Waals surface area contributed by atoms with Gasteiger partial charge in [-0.05, 0) is 37.0 Å². The summed E-state index contributed by atoms with van der Waals surface area (Å²) < 4.78 is 31.1. The van der Waals surface area contributed by atoms with E-state index in [0.717, 1.165) is 24.1 Å². The summed E-state index contributed by atoms with van der Waals surface area (Å²) in [6.45, 7) is 8.47. The van der Waals surface area contributed by atoms with Crippen LogP contribution in [0, 0.1) is 0 Å². The molecule has 2 aromatic heterocycles. The number of ether oxygens (including phenoxy) is 1. The number of hydrogen-bond acceptors (Lipinski definition) is 7. The lowest BCUT2D eigenvalue weighted by atomic mass is 9.98. The Bertz CT molecular complexity index is 1630. The Hall–Kier alpha value is -3.89. The van der Waals surface area contributed by atoms with E-state index in [2.05, 4.69) is 16.9 Å². The molecule has 0 spiro atoms. The van der Waals surface area contributed by atoms with Crippen molar-refractivity contribution in [2.45, 2.75) is 64.2 Å².